The van der Waals surface area contributed by atoms with Gasteiger partial charge in [-0.1, -0.05) is 51.1 Å². The lowest BCUT2D eigenvalue weighted by Crippen LogP contribution is -2.49. The normalized spacial score (nSPS) is 17.0. The van der Waals surface area contributed by atoms with E-state index < -0.39 is 0 Å². The van der Waals surface area contributed by atoms with Crippen molar-refractivity contribution < 1.29 is 9.53 Å². The molecular formula is C32H38N6O2. The number of anilines is 1. The molecule has 0 spiro atoms. The maximum Gasteiger partial charge on any atom is 0.253 e. The van der Waals surface area contributed by atoms with Crippen molar-refractivity contribution in [2.75, 3.05) is 44.3 Å². The van der Waals surface area contributed by atoms with Crippen LogP contribution in [0.5, 0.6) is 0 Å². The van der Waals surface area contributed by atoms with Gasteiger partial charge in [0.1, 0.15) is 11.6 Å². The number of carbonyl (C=O) groups is 1. The molecule has 0 radical (unpaired) electrons. The quantitative estimate of drug-likeness (QED) is 0.352. The molecule has 4 heterocycles. The summed E-state index contributed by atoms with van der Waals surface area (Å²) in [6, 6.07) is 18.2. The van der Waals surface area contributed by atoms with Crippen LogP contribution in [0.15, 0.2) is 54.6 Å². The smallest absolute Gasteiger partial charge is 0.253 e. The average molecular weight is 539 g/mol. The van der Waals surface area contributed by atoms with Crippen molar-refractivity contribution >= 4 is 22.8 Å². The number of fused-ring (bicyclic) bond motifs is 1. The van der Waals surface area contributed by atoms with Crippen LogP contribution in [0.25, 0.3) is 16.7 Å². The molecular weight excluding hydrogens is 500 g/mol. The fraction of sp³-hybridized carbons (Fsp3) is 0.438. The van der Waals surface area contributed by atoms with Crippen molar-refractivity contribution in [1.82, 2.24) is 24.6 Å². The van der Waals surface area contributed by atoms with E-state index in [2.05, 4.69) is 49.9 Å². The molecule has 2 aliphatic heterocycles. The number of ether oxygens (including phenoxy) is 1. The van der Waals surface area contributed by atoms with Crippen molar-refractivity contribution in [3.63, 3.8) is 0 Å². The molecule has 1 amide bonds. The van der Waals surface area contributed by atoms with Crippen LogP contribution in [0.2, 0.25) is 0 Å². The van der Waals surface area contributed by atoms with Crippen molar-refractivity contribution in [2.24, 2.45) is 0 Å². The Morgan fingerprint density at radius 2 is 1.57 bits per heavy atom. The predicted octanol–water partition coefficient (Wildman–Crippen LogP) is 5.28. The minimum Gasteiger partial charge on any atom is -0.381 e. The van der Waals surface area contributed by atoms with Gasteiger partial charge in [-0.25, -0.2) is 14.6 Å². The van der Waals surface area contributed by atoms with Crippen LogP contribution in [0.1, 0.15) is 67.0 Å². The number of hydrogen-bond donors (Lipinski definition) is 0. The van der Waals surface area contributed by atoms with Gasteiger partial charge in [0.15, 0.2) is 5.65 Å². The molecule has 4 aromatic rings. The highest BCUT2D eigenvalue weighted by Crippen LogP contribution is 2.33. The van der Waals surface area contributed by atoms with Gasteiger partial charge in [-0.15, -0.1) is 0 Å². The number of amides is 1. The Labute approximate surface area is 236 Å². The van der Waals surface area contributed by atoms with Crippen LogP contribution >= 0.6 is 0 Å². The highest BCUT2D eigenvalue weighted by Gasteiger charge is 2.29. The number of hydrogen-bond acceptors (Lipinski definition) is 6. The van der Waals surface area contributed by atoms with Gasteiger partial charge in [0, 0.05) is 50.9 Å². The number of nitrogens with zero attached hydrogens (tertiary/aromatic N) is 6. The first-order valence-corrected chi connectivity index (χ1v) is 14.3. The Bertz CT molecular complexity index is 1490. The first kappa shape index (κ1) is 26.4. The molecule has 208 valence electrons. The molecule has 0 N–H and O–H groups in total. The fourth-order valence-electron chi connectivity index (χ4n) is 5.71. The van der Waals surface area contributed by atoms with Crippen molar-refractivity contribution in [2.45, 2.75) is 51.9 Å². The minimum atomic E-state index is 0.0615. The topological polar surface area (TPSA) is 76.4 Å². The molecule has 2 saturated heterocycles. The van der Waals surface area contributed by atoms with Crippen LogP contribution in [0, 0.1) is 6.92 Å². The third-order valence-electron chi connectivity index (χ3n) is 8.15. The van der Waals surface area contributed by atoms with Crippen LogP contribution < -0.4 is 4.90 Å². The first-order valence-electron chi connectivity index (χ1n) is 14.3. The lowest BCUT2D eigenvalue weighted by atomic mass is 9.86. The van der Waals surface area contributed by atoms with Crippen molar-refractivity contribution in [3.8, 4) is 5.69 Å². The number of aryl methyl sites for hydroxylation is 1. The molecule has 2 fully saturated rings. The van der Waals surface area contributed by atoms with E-state index in [1.54, 1.807) is 0 Å². The second-order valence-corrected chi connectivity index (χ2v) is 11.9. The standard InChI is InChI=1S/C32H38N6O2/c1-22-27-29(36-16-18-37(19-17-36)31(39)24-10-12-25(13-11-24)32(2,3)4)33-28(23-14-20-40-21-15-23)34-30(27)38(35-22)26-8-6-5-7-9-26/h5-13,23H,14-21H2,1-4H3. The Balaban J connectivity index is 1.30. The monoisotopic (exact) mass is 538 g/mol. The van der Waals surface area contributed by atoms with Crippen LogP contribution in [0.4, 0.5) is 5.82 Å². The summed E-state index contributed by atoms with van der Waals surface area (Å²) in [5.74, 6) is 2.13. The largest absolute Gasteiger partial charge is 0.381 e. The summed E-state index contributed by atoms with van der Waals surface area (Å²) in [4.78, 5) is 27.9. The molecule has 6 rings (SSSR count). The number of aromatic nitrogens is 4. The molecule has 2 aliphatic rings. The molecule has 8 heteroatoms. The molecule has 2 aromatic carbocycles. The van der Waals surface area contributed by atoms with Gasteiger partial charge in [-0.2, -0.15) is 5.10 Å². The van der Waals surface area contributed by atoms with E-state index in [0.29, 0.717) is 26.2 Å². The summed E-state index contributed by atoms with van der Waals surface area (Å²) >= 11 is 0. The van der Waals surface area contributed by atoms with E-state index in [4.69, 9.17) is 19.8 Å². The van der Waals surface area contributed by atoms with Gasteiger partial charge in [0.25, 0.3) is 5.91 Å². The Morgan fingerprint density at radius 1 is 0.900 bits per heavy atom. The van der Waals surface area contributed by atoms with Gasteiger partial charge in [-0.3, -0.25) is 4.79 Å². The number of benzene rings is 2. The average Bonchev–Trinajstić information content (AvgIpc) is 3.33. The van der Waals surface area contributed by atoms with Crippen molar-refractivity contribution in [3.05, 3.63) is 77.2 Å². The lowest BCUT2D eigenvalue weighted by molar-refractivity contribution is 0.0746. The molecule has 2 aromatic heterocycles. The molecule has 0 atom stereocenters. The number of carbonyl (C=O) groups excluding carboxylic acids is 1. The van der Waals surface area contributed by atoms with Gasteiger partial charge >= 0.3 is 0 Å². The third-order valence-corrected chi connectivity index (χ3v) is 8.15. The number of piperazine rings is 1. The zero-order valence-electron chi connectivity index (χ0n) is 23.9. The molecule has 0 aliphatic carbocycles. The summed E-state index contributed by atoms with van der Waals surface area (Å²) in [6.45, 7) is 12.8. The van der Waals surface area contributed by atoms with Gasteiger partial charge in [0.05, 0.1) is 16.8 Å². The molecule has 0 saturated carbocycles. The van der Waals surface area contributed by atoms with Crippen LogP contribution in [-0.2, 0) is 10.2 Å². The number of rotatable bonds is 4. The molecule has 0 unspecified atom stereocenters. The zero-order chi connectivity index (χ0) is 27.9. The van der Waals surface area contributed by atoms with Crippen molar-refractivity contribution in [1.29, 1.82) is 0 Å². The lowest BCUT2D eigenvalue weighted by Gasteiger charge is -2.36. The first-order chi connectivity index (χ1) is 19.3. The van der Waals surface area contributed by atoms with Crippen LogP contribution in [0.3, 0.4) is 0 Å². The summed E-state index contributed by atoms with van der Waals surface area (Å²) in [7, 11) is 0. The van der Waals surface area contributed by atoms with Crippen LogP contribution in [-0.4, -0.2) is 69.9 Å². The summed E-state index contributed by atoms with van der Waals surface area (Å²) in [5.41, 5.74) is 4.76. The summed E-state index contributed by atoms with van der Waals surface area (Å²) in [5, 5.41) is 5.89. The molecule has 0 bridgehead atoms. The maximum absolute atomic E-state index is 13.3. The summed E-state index contributed by atoms with van der Waals surface area (Å²) < 4.78 is 7.57. The minimum absolute atomic E-state index is 0.0615. The zero-order valence-corrected chi connectivity index (χ0v) is 23.9. The van der Waals surface area contributed by atoms with E-state index in [-0.39, 0.29) is 17.2 Å². The SMILES string of the molecule is Cc1nn(-c2ccccc2)c2nc(C3CCOCC3)nc(N3CCN(C(=O)c4ccc(C(C)(C)C)cc4)CC3)c12. The fourth-order valence-corrected chi connectivity index (χ4v) is 5.71. The van der Waals surface area contributed by atoms with Gasteiger partial charge in [0.2, 0.25) is 0 Å². The van der Waals surface area contributed by atoms with Gasteiger partial charge in [-0.05, 0) is 55.0 Å². The highest BCUT2D eigenvalue weighted by molar-refractivity contribution is 5.95. The van der Waals surface area contributed by atoms with E-state index in [1.807, 2.05) is 46.8 Å². The second-order valence-electron chi connectivity index (χ2n) is 11.9. The Kier molecular flexibility index (Phi) is 7.04. The molecule has 40 heavy (non-hydrogen) atoms. The molecule has 8 nitrogen and oxygen atoms in total. The number of para-hydroxylation sites is 1. The van der Waals surface area contributed by atoms with E-state index >= 15 is 0 Å². The second kappa shape index (κ2) is 10.7. The Morgan fingerprint density at radius 3 is 2.23 bits per heavy atom. The highest BCUT2D eigenvalue weighted by atomic mass is 16.5. The van der Waals surface area contributed by atoms with Gasteiger partial charge < -0.3 is 14.5 Å². The van der Waals surface area contributed by atoms with E-state index in [0.717, 1.165) is 65.7 Å². The Hall–Kier alpha value is -3.78. The van der Waals surface area contributed by atoms with E-state index in [1.165, 1.54) is 5.56 Å². The summed E-state index contributed by atoms with van der Waals surface area (Å²) in [6.07, 6.45) is 1.83. The third kappa shape index (κ3) is 5.08. The predicted molar refractivity (Wildman–Crippen MR) is 157 cm³/mol. The maximum atomic E-state index is 13.3. The van der Waals surface area contributed by atoms with E-state index in [9.17, 15) is 4.79 Å².